The Morgan fingerprint density at radius 3 is 2.68 bits per heavy atom. The molecular weight excluding hydrogens is 320 g/mol. The maximum atomic E-state index is 13.0. The molecule has 1 unspecified atom stereocenters. The summed E-state index contributed by atoms with van der Waals surface area (Å²) in [7, 11) is 1.71. The smallest absolute Gasteiger partial charge is 0.244 e. The Labute approximate surface area is 148 Å². The van der Waals surface area contributed by atoms with E-state index in [4.69, 9.17) is 4.74 Å². The van der Waals surface area contributed by atoms with Crippen LogP contribution < -0.4 is 10.2 Å². The first-order valence-electron chi connectivity index (χ1n) is 8.75. The minimum atomic E-state index is -0.247. The lowest BCUT2D eigenvalue weighted by Gasteiger charge is -2.39. The number of nitrogens with zero attached hydrogens (tertiary/aromatic N) is 3. The molecule has 7 nitrogen and oxygen atoms in total. The third-order valence-electron chi connectivity index (χ3n) is 4.96. The molecule has 25 heavy (non-hydrogen) atoms. The van der Waals surface area contributed by atoms with Crippen molar-refractivity contribution < 1.29 is 14.3 Å². The first-order chi connectivity index (χ1) is 12.1. The van der Waals surface area contributed by atoms with Gasteiger partial charge in [-0.2, -0.15) is 0 Å². The van der Waals surface area contributed by atoms with Gasteiger partial charge in [0.05, 0.1) is 24.0 Å². The summed E-state index contributed by atoms with van der Waals surface area (Å²) in [5, 5.41) is 2.82. The molecule has 0 spiro atoms. The molecule has 0 aliphatic carbocycles. The Hall–Kier alpha value is -1.96. The molecule has 2 aliphatic heterocycles. The van der Waals surface area contributed by atoms with Crippen LogP contribution in [0, 0.1) is 0 Å². The average Bonchev–Trinajstić information content (AvgIpc) is 2.65. The van der Waals surface area contributed by atoms with Crippen LogP contribution in [0.5, 0.6) is 0 Å². The van der Waals surface area contributed by atoms with Gasteiger partial charge in [-0.1, -0.05) is 12.1 Å². The van der Waals surface area contributed by atoms with Gasteiger partial charge in [0.15, 0.2) is 0 Å². The second-order valence-corrected chi connectivity index (χ2v) is 6.54. The van der Waals surface area contributed by atoms with Crippen molar-refractivity contribution in [2.75, 3.05) is 63.2 Å². The fourth-order valence-corrected chi connectivity index (χ4v) is 3.41. The largest absolute Gasteiger partial charge is 0.383 e. The molecule has 1 saturated heterocycles. The predicted molar refractivity (Wildman–Crippen MR) is 96.8 cm³/mol. The molecule has 1 aromatic rings. The van der Waals surface area contributed by atoms with Crippen molar-refractivity contribution in [1.29, 1.82) is 0 Å². The fourth-order valence-electron chi connectivity index (χ4n) is 3.41. The number of fused-ring (bicyclic) bond motifs is 1. The monoisotopic (exact) mass is 346 g/mol. The van der Waals surface area contributed by atoms with E-state index in [1.165, 1.54) is 0 Å². The zero-order valence-electron chi connectivity index (χ0n) is 14.9. The topological polar surface area (TPSA) is 65.1 Å². The summed E-state index contributed by atoms with van der Waals surface area (Å²) in [5.41, 5.74) is 1.47. The highest BCUT2D eigenvalue weighted by molar-refractivity contribution is 6.11. The van der Waals surface area contributed by atoms with Crippen molar-refractivity contribution in [1.82, 2.24) is 9.80 Å². The number of hydrogen-bond donors (Lipinski definition) is 1. The standard InChI is InChI=1S/C18H26N4O3/c1-14(21-9-7-20(8-10-21)11-12-25-2)18(24)22-13-17(23)19-15-5-3-4-6-16(15)22/h3-6,14H,7-13H2,1-2H3,(H,19,23). The number of carbonyl (C=O) groups is 2. The summed E-state index contributed by atoms with van der Waals surface area (Å²) in [6.45, 7) is 7.21. The van der Waals surface area contributed by atoms with E-state index in [-0.39, 0.29) is 24.4 Å². The van der Waals surface area contributed by atoms with Crippen molar-refractivity contribution in [3.05, 3.63) is 24.3 Å². The first-order valence-corrected chi connectivity index (χ1v) is 8.75. The van der Waals surface area contributed by atoms with E-state index >= 15 is 0 Å². The molecule has 2 amide bonds. The van der Waals surface area contributed by atoms with E-state index in [0.717, 1.165) is 45.0 Å². The van der Waals surface area contributed by atoms with Gasteiger partial charge in [0.2, 0.25) is 11.8 Å². The molecule has 0 radical (unpaired) electrons. The summed E-state index contributed by atoms with van der Waals surface area (Å²) >= 11 is 0. The lowest BCUT2D eigenvalue weighted by molar-refractivity contribution is -0.126. The van der Waals surface area contributed by atoms with Gasteiger partial charge in [-0.05, 0) is 19.1 Å². The molecule has 0 aromatic heterocycles. The van der Waals surface area contributed by atoms with Crippen LogP contribution in [0.15, 0.2) is 24.3 Å². The predicted octanol–water partition coefficient (Wildman–Crippen LogP) is 0.624. The maximum Gasteiger partial charge on any atom is 0.244 e. The fraction of sp³-hybridized carbons (Fsp3) is 0.556. The lowest BCUT2D eigenvalue weighted by Crippen LogP contribution is -2.56. The molecular formula is C18H26N4O3. The van der Waals surface area contributed by atoms with E-state index in [2.05, 4.69) is 15.1 Å². The minimum absolute atomic E-state index is 0.0207. The van der Waals surface area contributed by atoms with Gasteiger partial charge in [-0.15, -0.1) is 0 Å². The van der Waals surface area contributed by atoms with Gasteiger partial charge in [-0.3, -0.25) is 24.3 Å². The van der Waals surface area contributed by atoms with Gasteiger partial charge < -0.3 is 10.1 Å². The molecule has 136 valence electrons. The van der Waals surface area contributed by atoms with Crippen molar-refractivity contribution in [3.8, 4) is 0 Å². The Morgan fingerprint density at radius 1 is 1.24 bits per heavy atom. The lowest BCUT2D eigenvalue weighted by atomic mass is 10.1. The van der Waals surface area contributed by atoms with Gasteiger partial charge in [0, 0.05) is 39.8 Å². The number of benzene rings is 1. The highest BCUT2D eigenvalue weighted by Gasteiger charge is 2.33. The maximum absolute atomic E-state index is 13.0. The molecule has 0 bridgehead atoms. The average molecular weight is 346 g/mol. The zero-order valence-corrected chi connectivity index (χ0v) is 14.9. The number of nitrogens with one attached hydrogen (secondary N) is 1. The van der Waals surface area contributed by atoms with E-state index in [1.807, 2.05) is 31.2 Å². The molecule has 1 atom stereocenters. The molecule has 0 saturated carbocycles. The van der Waals surface area contributed by atoms with Crippen molar-refractivity contribution in [2.24, 2.45) is 0 Å². The highest BCUT2D eigenvalue weighted by Crippen LogP contribution is 2.29. The number of para-hydroxylation sites is 2. The number of anilines is 2. The van der Waals surface area contributed by atoms with Crippen LogP contribution in [0.2, 0.25) is 0 Å². The van der Waals surface area contributed by atoms with Crippen molar-refractivity contribution >= 4 is 23.2 Å². The molecule has 1 N–H and O–H groups in total. The number of methoxy groups -OCH3 is 1. The Bertz CT molecular complexity index is 629. The van der Waals surface area contributed by atoms with Crippen LogP contribution in [-0.2, 0) is 14.3 Å². The Morgan fingerprint density at radius 2 is 1.96 bits per heavy atom. The summed E-state index contributed by atoms with van der Waals surface area (Å²) < 4.78 is 5.13. The Balaban J connectivity index is 1.64. The third-order valence-corrected chi connectivity index (χ3v) is 4.96. The van der Waals surface area contributed by atoms with Crippen LogP contribution in [0.3, 0.4) is 0 Å². The van der Waals surface area contributed by atoms with Crippen molar-refractivity contribution in [3.63, 3.8) is 0 Å². The van der Waals surface area contributed by atoms with E-state index in [0.29, 0.717) is 5.69 Å². The summed E-state index contributed by atoms with van der Waals surface area (Å²) in [5.74, 6) is -0.170. The van der Waals surface area contributed by atoms with Crippen LogP contribution in [-0.4, -0.2) is 80.6 Å². The van der Waals surface area contributed by atoms with Gasteiger partial charge in [0.1, 0.15) is 6.54 Å². The van der Waals surface area contributed by atoms with Crippen LogP contribution >= 0.6 is 0 Å². The summed E-state index contributed by atoms with van der Waals surface area (Å²) in [6, 6.07) is 7.20. The van der Waals surface area contributed by atoms with Crippen LogP contribution in [0.1, 0.15) is 6.92 Å². The van der Waals surface area contributed by atoms with Gasteiger partial charge in [-0.25, -0.2) is 0 Å². The van der Waals surface area contributed by atoms with Crippen LogP contribution in [0.25, 0.3) is 0 Å². The van der Waals surface area contributed by atoms with Crippen LogP contribution in [0.4, 0.5) is 11.4 Å². The SMILES string of the molecule is COCCN1CCN(C(C)C(=O)N2CC(=O)Nc3ccccc32)CC1. The third kappa shape index (κ3) is 4.00. The number of amides is 2. The molecule has 1 aromatic carbocycles. The number of ether oxygens (including phenoxy) is 1. The summed E-state index contributed by atoms with van der Waals surface area (Å²) in [4.78, 5) is 31.1. The number of rotatable bonds is 5. The summed E-state index contributed by atoms with van der Waals surface area (Å²) in [6.07, 6.45) is 0. The highest BCUT2D eigenvalue weighted by atomic mass is 16.5. The number of carbonyl (C=O) groups excluding carboxylic acids is 2. The van der Waals surface area contributed by atoms with Crippen molar-refractivity contribution in [2.45, 2.75) is 13.0 Å². The number of piperazine rings is 1. The molecule has 3 rings (SSSR count). The van der Waals surface area contributed by atoms with E-state index < -0.39 is 0 Å². The molecule has 1 fully saturated rings. The minimum Gasteiger partial charge on any atom is -0.383 e. The second kappa shape index (κ2) is 7.95. The normalized spacial score (nSPS) is 20.1. The quantitative estimate of drug-likeness (QED) is 0.847. The first kappa shape index (κ1) is 17.8. The van der Waals surface area contributed by atoms with Gasteiger partial charge in [0.25, 0.3) is 0 Å². The number of hydrogen-bond acceptors (Lipinski definition) is 5. The zero-order chi connectivity index (χ0) is 17.8. The van der Waals surface area contributed by atoms with E-state index in [1.54, 1.807) is 12.0 Å². The molecule has 2 aliphatic rings. The molecule has 2 heterocycles. The Kier molecular flexibility index (Phi) is 5.67. The molecule has 7 heteroatoms. The second-order valence-electron chi connectivity index (χ2n) is 6.54. The van der Waals surface area contributed by atoms with Gasteiger partial charge >= 0.3 is 0 Å². The van der Waals surface area contributed by atoms with E-state index in [9.17, 15) is 9.59 Å².